The summed E-state index contributed by atoms with van der Waals surface area (Å²) in [6.45, 7) is 3.71. The van der Waals surface area contributed by atoms with E-state index in [1.807, 2.05) is 31.7 Å². The van der Waals surface area contributed by atoms with Crippen LogP contribution in [0.2, 0.25) is 0 Å². The van der Waals surface area contributed by atoms with E-state index in [2.05, 4.69) is 24.3 Å². The third kappa shape index (κ3) is 5.30. The number of rotatable bonds is 5. The van der Waals surface area contributed by atoms with Gasteiger partial charge in [-0.25, -0.2) is 0 Å². The van der Waals surface area contributed by atoms with E-state index >= 15 is 0 Å². The number of benzene rings is 1. The average Bonchev–Trinajstić information content (AvgIpc) is 2.13. The highest BCUT2D eigenvalue weighted by atomic mass is 32.2. The Kier molecular flexibility index (Phi) is 4.49. The summed E-state index contributed by atoms with van der Waals surface area (Å²) >= 11 is 1.87. The van der Waals surface area contributed by atoms with Crippen LogP contribution >= 0.6 is 11.8 Å². The molecule has 0 radical (unpaired) electrons. The molecule has 0 aliphatic heterocycles. The summed E-state index contributed by atoms with van der Waals surface area (Å²) in [5, 5.41) is 9.50. The monoisotopic (exact) mass is 210 g/mol. The predicted octanol–water partition coefficient (Wildman–Crippen LogP) is 3.08. The molecular weight excluding hydrogens is 192 g/mol. The first-order chi connectivity index (χ1) is 6.58. The summed E-state index contributed by atoms with van der Waals surface area (Å²) in [6.07, 6.45) is 0.852. The predicted molar refractivity (Wildman–Crippen MR) is 63.5 cm³/mol. The molecular formula is C12H18OS. The minimum Gasteiger partial charge on any atom is -0.390 e. The van der Waals surface area contributed by atoms with Gasteiger partial charge in [-0.15, -0.1) is 0 Å². The maximum absolute atomic E-state index is 9.50. The molecule has 2 heteroatoms. The number of thioether (sulfide) groups is 1. The van der Waals surface area contributed by atoms with Crippen molar-refractivity contribution in [2.75, 3.05) is 5.75 Å². The van der Waals surface area contributed by atoms with Crippen molar-refractivity contribution >= 4 is 11.8 Å². The molecule has 0 aromatic heterocycles. The molecule has 1 aromatic carbocycles. The van der Waals surface area contributed by atoms with Crippen LogP contribution in [-0.4, -0.2) is 16.5 Å². The molecule has 1 aromatic rings. The number of aliphatic hydroxyl groups is 1. The van der Waals surface area contributed by atoms with Gasteiger partial charge in [0.25, 0.3) is 0 Å². The molecule has 0 bridgehead atoms. The van der Waals surface area contributed by atoms with Crippen molar-refractivity contribution in [1.82, 2.24) is 0 Å². The van der Waals surface area contributed by atoms with Crippen LogP contribution in [-0.2, 0) is 5.75 Å². The van der Waals surface area contributed by atoms with Gasteiger partial charge in [-0.3, -0.25) is 0 Å². The highest BCUT2D eigenvalue weighted by molar-refractivity contribution is 7.98. The Labute approximate surface area is 90.5 Å². The highest BCUT2D eigenvalue weighted by Crippen LogP contribution is 2.16. The van der Waals surface area contributed by atoms with Crippen LogP contribution in [0.1, 0.15) is 25.8 Å². The van der Waals surface area contributed by atoms with Gasteiger partial charge in [0.15, 0.2) is 0 Å². The lowest BCUT2D eigenvalue weighted by atomic mass is 10.1. The van der Waals surface area contributed by atoms with Crippen LogP contribution in [0, 0.1) is 0 Å². The van der Waals surface area contributed by atoms with Crippen LogP contribution in [0.15, 0.2) is 30.3 Å². The Morgan fingerprint density at radius 2 is 1.86 bits per heavy atom. The van der Waals surface area contributed by atoms with Gasteiger partial charge in [0.1, 0.15) is 0 Å². The van der Waals surface area contributed by atoms with E-state index in [-0.39, 0.29) is 0 Å². The molecule has 0 aliphatic carbocycles. The molecule has 0 atom stereocenters. The van der Waals surface area contributed by atoms with E-state index in [9.17, 15) is 5.11 Å². The Balaban J connectivity index is 2.17. The van der Waals surface area contributed by atoms with E-state index < -0.39 is 5.60 Å². The highest BCUT2D eigenvalue weighted by Gasteiger charge is 2.11. The van der Waals surface area contributed by atoms with Gasteiger partial charge >= 0.3 is 0 Å². The Bertz CT molecular complexity index is 251. The first-order valence-corrected chi connectivity index (χ1v) is 6.07. The summed E-state index contributed by atoms with van der Waals surface area (Å²) in [7, 11) is 0. The van der Waals surface area contributed by atoms with E-state index in [1.165, 1.54) is 5.56 Å². The Hall–Kier alpha value is -0.470. The second kappa shape index (κ2) is 5.42. The normalized spacial score (nSPS) is 11.6. The SMILES string of the molecule is CC(C)(O)CCSCc1ccccc1. The van der Waals surface area contributed by atoms with E-state index in [1.54, 1.807) is 0 Å². The molecule has 0 saturated carbocycles. The van der Waals surface area contributed by atoms with Crippen molar-refractivity contribution in [2.45, 2.75) is 31.6 Å². The standard InChI is InChI=1S/C12H18OS/c1-12(2,13)8-9-14-10-11-6-4-3-5-7-11/h3-7,13H,8-10H2,1-2H3. The van der Waals surface area contributed by atoms with E-state index in [0.29, 0.717) is 0 Å². The molecule has 0 aliphatic rings. The number of hydrogen-bond donors (Lipinski definition) is 1. The third-order valence-corrected chi connectivity index (χ3v) is 3.00. The zero-order chi connectivity index (χ0) is 10.4. The van der Waals surface area contributed by atoms with Gasteiger partial charge < -0.3 is 5.11 Å². The molecule has 1 nitrogen and oxygen atoms in total. The van der Waals surface area contributed by atoms with Crippen LogP contribution < -0.4 is 0 Å². The lowest BCUT2D eigenvalue weighted by molar-refractivity contribution is 0.0777. The van der Waals surface area contributed by atoms with Crippen LogP contribution in [0.3, 0.4) is 0 Å². The van der Waals surface area contributed by atoms with Gasteiger partial charge in [-0.05, 0) is 31.6 Å². The molecule has 14 heavy (non-hydrogen) atoms. The second-order valence-electron chi connectivity index (χ2n) is 4.10. The number of hydrogen-bond acceptors (Lipinski definition) is 2. The summed E-state index contributed by atoms with van der Waals surface area (Å²) in [6, 6.07) is 10.4. The van der Waals surface area contributed by atoms with Crippen molar-refractivity contribution in [2.24, 2.45) is 0 Å². The maximum atomic E-state index is 9.50. The van der Waals surface area contributed by atoms with E-state index in [0.717, 1.165) is 17.9 Å². The lowest BCUT2D eigenvalue weighted by Crippen LogP contribution is -2.19. The molecule has 1 N–H and O–H groups in total. The van der Waals surface area contributed by atoms with Crippen LogP contribution in [0.25, 0.3) is 0 Å². The molecule has 0 unspecified atom stereocenters. The first kappa shape index (κ1) is 11.6. The summed E-state index contributed by atoms with van der Waals surface area (Å²) in [4.78, 5) is 0. The van der Waals surface area contributed by atoms with Gasteiger partial charge in [-0.1, -0.05) is 30.3 Å². The van der Waals surface area contributed by atoms with Crippen molar-refractivity contribution in [3.8, 4) is 0 Å². The Morgan fingerprint density at radius 3 is 2.43 bits per heavy atom. The Morgan fingerprint density at radius 1 is 1.21 bits per heavy atom. The average molecular weight is 210 g/mol. The molecule has 0 spiro atoms. The van der Waals surface area contributed by atoms with Gasteiger partial charge in [-0.2, -0.15) is 11.8 Å². The largest absolute Gasteiger partial charge is 0.390 e. The van der Waals surface area contributed by atoms with Gasteiger partial charge in [0.05, 0.1) is 5.60 Å². The minimum atomic E-state index is -0.524. The second-order valence-corrected chi connectivity index (χ2v) is 5.21. The molecule has 0 amide bonds. The third-order valence-electron chi connectivity index (χ3n) is 1.97. The van der Waals surface area contributed by atoms with Gasteiger partial charge in [0, 0.05) is 5.75 Å². The van der Waals surface area contributed by atoms with Crippen molar-refractivity contribution < 1.29 is 5.11 Å². The topological polar surface area (TPSA) is 20.2 Å². The van der Waals surface area contributed by atoms with Crippen molar-refractivity contribution in [3.05, 3.63) is 35.9 Å². The van der Waals surface area contributed by atoms with Crippen molar-refractivity contribution in [3.63, 3.8) is 0 Å². The zero-order valence-corrected chi connectivity index (χ0v) is 9.68. The molecule has 1 rings (SSSR count). The fourth-order valence-electron chi connectivity index (χ4n) is 1.09. The molecule has 0 saturated heterocycles. The zero-order valence-electron chi connectivity index (χ0n) is 8.86. The quantitative estimate of drug-likeness (QED) is 0.754. The fraction of sp³-hybridized carbons (Fsp3) is 0.500. The lowest BCUT2D eigenvalue weighted by Gasteiger charge is -2.16. The van der Waals surface area contributed by atoms with Crippen LogP contribution in [0.5, 0.6) is 0 Å². The fourth-order valence-corrected chi connectivity index (χ4v) is 2.30. The van der Waals surface area contributed by atoms with E-state index in [4.69, 9.17) is 0 Å². The first-order valence-electron chi connectivity index (χ1n) is 4.92. The smallest absolute Gasteiger partial charge is 0.0599 e. The molecule has 0 heterocycles. The maximum Gasteiger partial charge on any atom is 0.0599 e. The molecule has 78 valence electrons. The molecule has 0 fully saturated rings. The summed E-state index contributed by atoms with van der Waals surface area (Å²) < 4.78 is 0. The summed E-state index contributed by atoms with van der Waals surface area (Å²) in [5.74, 6) is 2.05. The van der Waals surface area contributed by atoms with Crippen molar-refractivity contribution in [1.29, 1.82) is 0 Å². The van der Waals surface area contributed by atoms with Gasteiger partial charge in [0.2, 0.25) is 0 Å². The minimum absolute atomic E-state index is 0.524. The van der Waals surface area contributed by atoms with Crippen LogP contribution in [0.4, 0.5) is 0 Å². The summed E-state index contributed by atoms with van der Waals surface area (Å²) in [5.41, 5.74) is 0.831.